The van der Waals surface area contributed by atoms with Crippen molar-refractivity contribution in [2.24, 2.45) is 0 Å². The molecule has 1 atom stereocenters. The first-order valence-electron chi connectivity index (χ1n) is 5.80. The van der Waals surface area contributed by atoms with Crippen LogP contribution >= 0.6 is 0 Å². The van der Waals surface area contributed by atoms with Crippen molar-refractivity contribution < 1.29 is 19.1 Å². The summed E-state index contributed by atoms with van der Waals surface area (Å²) in [4.78, 5) is 23.0. The van der Waals surface area contributed by atoms with Crippen LogP contribution in [0.5, 0.6) is 0 Å². The normalized spacial score (nSPS) is 30.4. The zero-order valence-electron chi connectivity index (χ0n) is 11.2. The highest BCUT2D eigenvalue weighted by molar-refractivity contribution is 5.94. The lowest BCUT2D eigenvalue weighted by Crippen LogP contribution is -2.25. The lowest BCUT2D eigenvalue weighted by atomic mass is 9.94. The third kappa shape index (κ3) is 1.68. The number of rotatable bonds is 1. The van der Waals surface area contributed by atoms with Crippen LogP contribution in [0, 0.1) is 0 Å². The molecule has 0 aromatic carbocycles. The molecule has 96 valence electrons. The highest BCUT2D eigenvalue weighted by atomic mass is 16.6. The molecule has 4 nitrogen and oxygen atoms in total. The lowest BCUT2D eigenvalue weighted by molar-refractivity contribution is -0.142. The summed E-state index contributed by atoms with van der Waals surface area (Å²) in [5, 5.41) is 0. The monoisotopic (exact) mass is 248 g/mol. The Kier molecular flexibility index (Phi) is 2.69. The number of cyclic esters (lactones) is 2. The fourth-order valence-electron chi connectivity index (χ4n) is 1.99. The number of hydrogen-bond donors (Lipinski definition) is 0. The van der Waals surface area contributed by atoms with E-state index < -0.39 is 5.60 Å². The Labute approximate surface area is 106 Å². The highest BCUT2D eigenvalue weighted by Crippen LogP contribution is 2.37. The molecule has 0 radical (unpaired) electrons. The molecule has 2 aliphatic rings. The number of esters is 2. The minimum Gasteiger partial charge on any atom is -0.447 e. The number of carbonyl (C=O) groups excluding carboxylic acids is 2. The first-order chi connectivity index (χ1) is 8.26. The molecule has 2 rings (SSSR count). The maximum Gasteiger partial charge on any atom is 0.339 e. The number of hydrogen-bond acceptors (Lipinski definition) is 4. The van der Waals surface area contributed by atoms with Gasteiger partial charge in [-0.2, -0.15) is 0 Å². The molecule has 0 fully saturated rings. The average molecular weight is 248 g/mol. The molecule has 0 amide bonds. The Bertz CT molecular complexity index is 548. The second kappa shape index (κ2) is 3.83. The van der Waals surface area contributed by atoms with Crippen molar-refractivity contribution in [2.75, 3.05) is 0 Å². The summed E-state index contributed by atoms with van der Waals surface area (Å²) in [5.41, 5.74) is 2.00. The van der Waals surface area contributed by atoms with Crippen LogP contribution in [0.3, 0.4) is 0 Å². The van der Waals surface area contributed by atoms with Gasteiger partial charge in [0.25, 0.3) is 0 Å². The topological polar surface area (TPSA) is 52.6 Å². The molecule has 4 heteroatoms. The Balaban J connectivity index is 2.43. The molecule has 0 N–H and O–H groups in total. The van der Waals surface area contributed by atoms with E-state index in [1.807, 2.05) is 13.8 Å². The van der Waals surface area contributed by atoms with E-state index in [1.165, 1.54) is 0 Å². The molecule has 0 spiro atoms. The van der Waals surface area contributed by atoms with E-state index in [9.17, 15) is 9.59 Å². The molecule has 2 aliphatic heterocycles. The van der Waals surface area contributed by atoms with Crippen LogP contribution in [0.2, 0.25) is 0 Å². The Morgan fingerprint density at radius 1 is 0.944 bits per heavy atom. The van der Waals surface area contributed by atoms with Crippen LogP contribution in [0.4, 0.5) is 0 Å². The second-order valence-electron chi connectivity index (χ2n) is 4.89. The van der Waals surface area contributed by atoms with Crippen LogP contribution in [-0.4, -0.2) is 17.5 Å². The van der Waals surface area contributed by atoms with Gasteiger partial charge in [0.2, 0.25) is 0 Å². The van der Waals surface area contributed by atoms with E-state index in [0.29, 0.717) is 16.9 Å². The molecule has 2 heterocycles. The molecule has 0 aromatic rings. The summed E-state index contributed by atoms with van der Waals surface area (Å²) in [6.45, 7) is 8.90. The van der Waals surface area contributed by atoms with Crippen LogP contribution in [0.25, 0.3) is 0 Å². The Hall–Kier alpha value is -1.84. The van der Waals surface area contributed by atoms with Crippen molar-refractivity contribution in [1.29, 1.82) is 0 Å². The van der Waals surface area contributed by atoms with Gasteiger partial charge in [-0.1, -0.05) is 0 Å². The van der Waals surface area contributed by atoms with Crippen LogP contribution in [0.15, 0.2) is 34.1 Å². The Morgan fingerprint density at radius 2 is 1.56 bits per heavy atom. The molecule has 18 heavy (non-hydrogen) atoms. The van der Waals surface area contributed by atoms with Gasteiger partial charge in [-0.25, -0.2) is 9.59 Å². The van der Waals surface area contributed by atoms with Crippen LogP contribution in [0.1, 0.15) is 34.6 Å². The average Bonchev–Trinajstić information content (AvgIpc) is 2.64. The molecular formula is C14H16O4. The van der Waals surface area contributed by atoms with Gasteiger partial charge in [-0.05, 0) is 40.2 Å². The van der Waals surface area contributed by atoms with Gasteiger partial charge in [-0.15, -0.1) is 0 Å². The number of allylic oxidation sites excluding steroid dienone is 1. The fourth-order valence-corrected chi connectivity index (χ4v) is 1.99. The minimum absolute atomic E-state index is 0.325. The van der Waals surface area contributed by atoms with Gasteiger partial charge in [0.15, 0.2) is 5.60 Å². The quantitative estimate of drug-likeness (QED) is 0.669. The van der Waals surface area contributed by atoms with E-state index in [0.717, 1.165) is 11.1 Å². The first-order valence-corrected chi connectivity index (χ1v) is 5.80. The van der Waals surface area contributed by atoms with Gasteiger partial charge < -0.3 is 9.47 Å². The van der Waals surface area contributed by atoms with Gasteiger partial charge >= 0.3 is 11.9 Å². The predicted octanol–water partition coefficient (Wildman–Crippen LogP) is 2.42. The smallest absolute Gasteiger partial charge is 0.339 e. The van der Waals surface area contributed by atoms with Crippen LogP contribution in [-0.2, 0) is 19.1 Å². The van der Waals surface area contributed by atoms with Crippen molar-refractivity contribution in [3.8, 4) is 0 Å². The molecule has 0 saturated carbocycles. The zero-order valence-corrected chi connectivity index (χ0v) is 11.2. The minimum atomic E-state index is -0.831. The van der Waals surface area contributed by atoms with Crippen molar-refractivity contribution in [2.45, 2.75) is 40.2 Å². The summed E-state index contributed by atoms with van der Waals surface area (Å²) in [7, 11) is 0. The molecule has 0 bridgehead atoms. The predicted molar refractivity (Wildman–Crippen MR) is 65.4 cm³/mol. The Morgan fingerprint density at radius 3 is 1.94 bits per heavy atom. The van der Waals surface area contributed by atoms with Gasteiger partial charge in [0, 0.05) is 22.8 Å². The molecular weight excluding hydrogens is 232 g/mol. The van der Waals surface area contributed by atoms with E-state index in [-0.39, 0.29) is 11.9 Å². The van der Waals surface area contributed by atoms with Crippen molar-refractivity contribution >= 4 is 11.9 Å². The summed E-state index contributed by atoms with van der Waals surface area (Å²) in [5.74, 6) is -0.193. The standard InChI is InChI=1S/C14H16O4/c1-7-8(2)12(15)17-11(7)6-14(5)10(4)9(3)13(16)18-14/h6H,1-5H3. The highest BCUT2D eigenvalue weighted by Gasteiger charge is 2.40. The largest absolute Gasteiger partial charge is 0.447 e. The fraction of sp³-hybridized carbons (Fsp3) is 0.429. The van der Waals surface area contributed by atoms with E-state index in [4.69, 9.17) is 9.47 Å². The third-order valence-corrected chi connectivity index (χ3v) is 3.77. The summed E-state index contributed by atoms with van der Waals surface area (Å²) in [6.07, 6.45) is 1.69. The number of ether oxygens (including phenoxy) is 2. The number of carbonyl (C=O) groups is 2. The van der Waals surface area contributed by atoms with E-state index in [2.05, 4.69) is 0 Å². The zero-order chi connectivity index (χ0) is 13.7. The lowest BCUT2D eigenvalue weighted by Gasteiger charge is -2.21. The van der Waals surface area contributed by atoms with E-state index >= 15 is 0 Å². The molecule has 0 saturated heterocycles. The molecule has 0 aromatic heterocycles. The van der Waals surface area contributed by atoms with Gasteiger partial charge in [0.05, 0.1) is 0 Å². The molecule has 0 aliphatic carbocycles. The second-order valence-corrected chi connectivity index (χ2v) is 4.89. The first kappa shape index (κ1) is 12.6. The third-order valence-electron chi connectivity index (χ3n) is 3.77. The summed E-state index contributed by atoms with van der Waals surface area (Å²) in [6, 6.07) is 0. The summed E-state index contributed by atoms with van der Waals surface area (Å²) < 4.78 is 10.5. The van der Waals surface area contributed by atoms with Gasteiger partial charge in [0.1, 0.15) is 5.76 Å². The molecule has 1 unspecified atom stereocenters. The van der Waals surface area contributed by atoms with Crippen molar-refractivity contribution in [1.82, 2.24) is 0 Å². The van der Waals surface area contributed by atoms with Crippen molar-refractivity contribution in [3.63, 3.8) is 0 Å². The summed E-state index contributed by atoms with van der Waals surface area (Å²) >= 11 is 0. The maximum atomic E-state index is 11.6. The van der Waals surface area contributed by atoms with Crippen molar-refractivity contribution in [3.05, 3.63) is 34.1 Å². The van der Waals surface area contributed by atoms with Crippen LogP contribution < -0.4 is 0 Å². The SMILES string of the molecule is CC1=C(C)C(=CC2(C)OC(=O)C(C)=C2C)OC1=O. The van der Waals surface area contributed by atoms with Gasteiger partial charge in [-0.3, -0.25) is 0 Å². The maximum absolute atomic E-state index is 11.6. The van der Waals surface area contributed by atoms with E-state index in [1.54, 1.807) is 26.8 Å².